The van der Waals surface area contributed by atoms with Gasteiger partial charge in [0.1, 0.15) is 16.7 Å². The minimum atomic E-state index is -1.08. The first-order valence-corrected chi connectivity index (χ1v) is 13.6. The topological polar surface area (TPSA) is 195 Å². The summed E-state index contributed by atoms with van der Waals surface area (Å²) in [6, 6.07) is 2.01. The lowest BCUT2D eigenvalue weighted by molar-refractivity contribution is -0.143. The largest absolute Gasteiger partial charge is 0.481 e. The average molecular weight is 562 g/mol. The highest BCUT2D eigenvalue weighted by molar-refractivity contribution is 7.99. The molecule has 38 heavy (non-hydrogen) atoms. The first-order chi connectivity index (χ1) is 18.1. The lowest BCUT2D eigenvalue weighted by Gasteiger charge is -2.43. The van der Waals surface area contributed by atoms with E-state index in [1.165, 1.54) is 30.2 Å². The van der Waals surface area contributed by atoms with Crippen molar-refractivity contribution in [2.75, 3.05) is 29.5 Å². The summed E-state index contributed by atoms with van der Waals surface area (Å²) in [7, 11) is 0. The number of piperidine rings is 1. The van der Waals surface area contributed by atoms with Crippen molar-refractivity contribution in [1.29, 1.82) is 0 Å². The first kappa shape index (κ1) is 27.9. The number of halogens is 1. The molecule has 204 valence electrons. The fraction of sp³-hybridized carbons (Fsp3) is 0.480. The van der Waals surface area contributed by atoms with Crippen LogP contribution < -0.4 is 22.1 Å². The van der Waals surface area contributed by atoms with Crippen molar-refractivity contribution in [2.24, 2.45) is 17.1 Å². The Morgan fingerprint density at radius 3 is 2.34 bits per heavy atom. The molecule has 8 N–H and O–H groups in total. The van der Waals surface area contributed by atoms with E-state index in [2.05, 4.69) is 25.9 Å². The highest BCUT2D eigenvalue weighted by atomic mass is 35.5. The molecule has 5 rings (SSSR count). The zero-order valence-electron chi connectivity index (χ0n) is 20.8. The van der Waals surface area contributed by atoms with Crippen LogP contribution in [0, 0.1) is 11.3 Å². The lowest BCUT2D eigenvalue weighted by Crippen LogP contribution is -2.48. The second-order valence-corrected chi connectivity index (χ2v) is 11.2. The quantitative estimate of drug-likeness (QED) is 0.309. The van der Waals surface area contributed by atoms with E-state index in [1.807, 2.05) is 0 Å². The van der Waals surface area contributed by atoms with Gasteiger partial charge in [-0.1, -0.05) is 35.0 Å². The van der Waals surface area contributed by atoms with Gasteiger partial charge in [0, 0.05) is 30.2 Å². The van der Waals surface area contributed by atoms with Gasteiger partial charge in [-0.15, -0.1) is 0 Å². The molecular weight excluding hydrogens is 530 g/mol. The van der Waals surface area contributed by atoms with Gasteiger partial charge in [-0.3, -0.25) is 9.59 Å². The number of nitrogens with zero attached hydrogens (tertiary/aromatic N) is 4. The number of nitrogen functional groups attached to an aromatic ring is 2. The summed E-state index contributed by atoms with van der Waals surface area (Å²) in [6.07, 6.45) is 11.1. The van der Waals surface area contributed by atoms with Gasteiger partial charge in [0.15, 0.2) is 5.82 Å². The van der Waals surface area contributed by atoms with Crippen LogP contribution in [0.3, 0.4) is 0 Å². The van der Waals surface area contributed by atoms with E-state index in [0.29, 0.717) is 15.9 Å². The first-order valence-electron chi connectivity index (χ1n) is 12.4. The van der Waals surface area contributed by atoms with Crippen molar-refractivity contribution >= 4 is 52.8 Å². The van der Waals surface area contributed by atoms with Gasteiger partial charge >= 0.3 is 11.9 Å². The number of carbonyl (C=O) groups is 2. The number of carboxylic acid groups (broad SMARTS) is 2. The number of pyridine rings is 1. The van der Waals surface area contributed by atoms with E-state index in [0.717, 1.165) is 49.0 Å². The molecule has 1 aliphatic heterocycles. The van der Waals surface area contributed by atoms with Crippen molar-refractivity contribution in [3.8, 4) is 0 Å². The van der Waals surface area contributed by atoms with E-state index in [4.69, 9.17) is 39.0 Å². The molecule has 3 aliphatic rings. The second kappa shape index (κ2) is 11.7. The third-order valence-electron chi connectivity index (χ3n) is 7.29. The molecule has 2 aromatic heterocycles. The molecule has 2 aliphatic carbocycles. The number of nitrogens with two attached hydrogens (primary N) is 3. The van der Waals surface area contributed by atoms with Crippen LogP contribution in [-0.4, -0.2) is 56.2 Å². The van der Waals surface area contributed by atoms with Crippen LogP contribution in [0.4, 0.5) is 17.5 Å². The van der Waals surface area contributed by atoms with Gasteiger partial charge in [-0.2, -0.15) is 0 Å². The number of aromatic nitrogens is 3. The molecule has 1 saturated heterocycles. The van der Waals surface area contributed by atoms with E-state index in [9.17, 15) is 9.59 Å². The predicted octanol–water partition coefficient (Wildman–Crippen LogP) is 3.43. The third kappa shape index (κ3) is 6.48. The van der Waals surface area contributed by atoms with Crippen molar-refractivity contribution in [3.63, 3.8) is 0 Å². The van der Waals surface area contributed by atoms with Crippen LogP contribution in [0.2, 0.25) is 5.02 Å². The highest BCUT2D eigenvalue weighted by Crippen LogP contribution is 2.51. The Morgan fingerprint density at radius 2 is 1.76 bits per heavy atom. The zero-order chi connectivity index (χ0) is 27.4. The molecule has 0 bridgehead atoms. The molecule has 1 spiro atoms. The van der Waals surface area contributed by atoms with Crippen molar-refractivity contribution in [3.05, 3.63) is 35.1 Å². The standard InChI is InChI=1S/C21H26ClN7S.C4H6O4/c22-16-14(4-8-26-18(16)24)30-20-19(25)28-15(11-27-20)29-9-6-21(7-10-29)5-3-13(17(21)23)12-1-2-12;5-3(6)1-2-4(7)8/h3-4,8,11-12,17H,1-2,5-7,9-10,23H2,(H2,24,26)(H2,25,28);1-2H2,(H,5,6)(H,7,8). The Hall–Kier alpha value is -3.09. The zero-order valence-corrected chi connectivity index (χ0v) is 22.4. The van der Waals surface area contributed by atoms with Crippen LogP contribution in [0.5, 0.6) is 0 Å². The Labute approximate surface area is 229 Å². The summed E-state index contributed by atoms with van der Waals surface area (Å²) in [5.41, 5.74) is 20.4. The van der Waals surface area contributed by atoms with Crippen molar-refractivity contribution < 1.29 is 19.8 Å². The van der Waals surface area contributed by atoms with Crippen LogP contribution in [0.1, 0.15) is 44.9 Å². The summed E-state index contributed by atoms with van der Waals surface area (Å²) in [5, 5.41) is 16.8. The third-order valence-corrected chi connectivity index (χ3v) is 8.86. The fourth-order valence-electron chi connectivity index (χ4n) is 4.91. The monoisotopic (exact) mass is 561 g/mol. The number of rotatable bonds is 7. The Kier molecular flexibility index (Phi) is 8.64. The van der Waals surface area contributed by atoms with Gasteiger partial charge in [0.25, 0.3) is 0 Å². The Morgan fingerprint density at radius 1 is 1.11 bits per heavy atom. The number of anilines is 3. The van der Waals surface area contributed by atoms with Gasteiger partial charge in [0.2, 0.25) is 0 Å². The SMILES string of the molecule is Nc1nc(N2CCC3(CC=C(C4CC4)C3N)CC2)cnc1Sc1ccnc(N)c1Cl.O=C(O)CCC(=O)O. The van der Waals surface area contributed by atoms with E-state index in [1.54, 1.807) is 18.5 Å². The molecule has 1 unspecified atom stereocenters. The molecule has 0 aromatic carbocycles. The van der Waals surface area contributed by atoms with Gasteiger partial charge in [-0.25, -0.2) is 15.0 Å². The maximum Gasteiger partial charge on any atom is 0.303 e. The Bertz CT molecular complexity index is 1220. The highest BCUT2D eigenvalue weighted by Gasteiger charge is 2.47. The van der Waals surface area contributed by atoms with Gasteiger partial charge in [0.05, 0.1) is 24.1 Å². The number of allylic oxidation sites excluding steroid dienone is 1. The average Bonchev–Trinajstić information content (AvgIpc) is 3.68. The maximum atomic E-state index is 9.64. The summed E-state index contributed by atoms with van der Waals surface area (Å²) in [5.74, 6) is 0.0992. The predicted molar refractivity (Wildman–Crippen MR) is 146 cm³/mol. The van der Waals surface area contributed by atoms with Crippen LogP contribution >= 0.6 is 23.4 Å². The van der Waals surface area contributed by atoms with E-state index < -0.39 is 11.9 Å². The number of carboxylic acids is 2. The summed E-state index contributed by atoms with van der Waals surface area (Å²) < 4.78 is 0. The van der Waals surface area contributed by atoms with Crippen LogP contribution in [-0.2, 0) is 9.59 Å². The molecule has 3 heterocycles. The second-order valence-electron chi connectivity index (χ2n) is 9.83. The summed E-state index contributed by atoms with van der Waals surface area (Å²) in [6.45, 7) is 1.85. The molecule has 1 saturated carbocycles. The van der Waals surface area contributed by atoms with Crippen LogP contribution in [0.15, 0.2) is 40.0 Å². The number of aliphatic carboxylic acids is 2. The molecule has 0 amide bonds. The van der Waals surface area contributed by atoms with E-state index >= 15 is 0 Å². The Balaban J connectivity index is 0.000000368. The van der Waals surface area contributed by atoms with Gasteiger partial charge < -0.3 is 32.3 Å². The number of hydrogen-bond donors (Lipinski definition) is 5. The smallest absolute Gasteiger partial charge is 0.303 e. The summed E-state index contributed by atoms with van der Waals surface area (Å²) in [4.78, 5) is 35.4. The molecule has 13 heteroatoms. The summed E-state index contributed by atoms with van der Waals surface area (Å²) >= 11 is 7.58. The minimum absolute atomic E-state index is 0.222. The van der Waals surface area contributed by atoms with E-state index in [-0.39, 0.29) is 30.1 Å². The molecule has 0 radical (unpaired) electrons. The van der Waals surface area contributed by atoms with Gasteiger partial charge in [-0.05, 0) is 49.5 Å². The molecule has 11 nitrogen and oxygen atoms in total. The fourth-order valence-corrected chi connectivity index (χ4v) is 5.93. The molecule has 2 fully saturated rings. The van der Waals surface area contributed by atoms with Crippen molar-refractivity contribution in [1.82, 2.24) is 15.0 Å². The van der Waals surface area contributed by atoms with Crippen LogP contribution in [0.25, 0.3) is 0 Å². The lowest BCUT2D eigenvalue weighted by atomic mass is 9.72. The molecule has 1 atom stereocenters. The minimum Gasteiger partial charge on any atom is -0.481 e. The maximum absolute atomic E-state index is 9.64. The molecule has 2 aromatic rings. The van der Waals surface area contributed by atoms with Crippen molar-refractivity contribution in [2.45, 2.75) is 60.9 Å². The normalized spacial score (nSPS) is 20.0. The molecular formula is C25H32ClN7O4S. The number of hydrogen-bond acceptors (Lipinski definition) is 10.